The third kappa shape index (κ3) is 3.42. The minimum atomic E-state index is -0.157. The number of hydrogen-bond acceptors (Lipinski definition) is 2. The van der Waals surface area contributed by atoms with Crippen molar-refractivity contribution in [2.24, 2.45) is 0 Å². The van der Waals surface area contributed by atoms with Gasteiger partial charge in [-0.15, -0.1) is 0 Å². The molecule has 1 aromatic carbocycles. The minimum Gasteiger partial charge on any atom is -0.487 e. The van der Waals surface area contributed by atoms with E-state index in [1.165, 1.54) is 0 Å². The minimum absolute atomic E-state index is 0.157. The monoisotopic (exact) mass is 291 g/mol. The molecule has 0 saturated heterocycles. The molecule has 2 N–H and O–H groups in total. The quantitative estimate of drug-likeness (QED) is 0.637. The Labute approximate surface area is 92.6 Å². The molecule has 13 heavy (non-hydrogen) atoms. The highest BCUT2D eigenvalue weighted by atomic mass is 127. The number of rotatable bonds is 1. The standard InChI is InChI=1S/C10H14INO/c1-10(2,3)13-9-5-4-7(12)6-8(9)11/h4-6H,12H2,1-3H3. The van der Waals surface area contributed by atoms with Crippen molar-refractivity contribution in [3.8, 4) is 5.75 Å². The van der Waals surface area contributed by atoms with Crippen LogP contribution >= 0.6 is 22.6 Å². The van der Waals surface area contributed by atoms with Crippen LogP contribution in [0, 0.1) is 3.57 Å². The van der Waals surface area contributed by atoms with E-state index in [2.05, 4.69) is 22.6 Å². The fourth-order valence-electron chi connectivity index (χ4n) is 0.930. The molecule has 0 aliphatic heterocycles. The fraction of sp³-hybridized carbons (Fsp3) is 0.400. The molecule has 0 heterocycles. The summed E-state index contributed by atoms with van der Waals surface area (Å²) in [6.07, 6.45) is 0. The number of halogens is 1. The van der Waals surface area contributed by atoms with Gasteiger partial charge in [0.2, 0.25) is 0 Å². The van der Waals surface area contributed by atoms with E-state index in [4.69, 9.17) is 10.5 Å². The SMILES string of the molecule is CC(C)(C)Oc1ccc(N)cc1I. The van der Waals surface area contributed by atoms with E-state index >= 15 is 0 Å². The van der Waals surface area contributed by atoms with Crippen molar-refractivity contribution in [1.29, 1.82) is 0 Å². The van der Waals surface area contributed by atoms with E-state index in [-0.39, 0.29) is 5.60 Å². The molecule has 0 amide bonds. The zero-order chi connectivity index (χ0) is 10.1. The molecule has 0 spiro atoms. The van der Waals surface area contributed by atoms with Crippen LogP contribution in [-0.2, 0) is 0 Å². The van der Waals surface area contributed by atoms with E-state index in [0.29, 0.717) is 0 Å². The molecule has 0 atom stereocenters. The Kier molecular flexibility index (Phi) is 3.05. The second-order valence-corrected chi connectivity index (χ2v) is 5.07. The Morgan fingerprint density at radius 1 is 1.31 bits per heavy atom. The third-order valence-corrected chi connectivity index (χ3v) is 2.22. The van der Waals surface area contributed by atoms with E-state index in [9.17, 15) is 0 Å². The highest BCUT2D eigenvalue weighted by Gasteiger charge is 2.13. The molecule has 0 unspecified atom stereocenters. The van der Waals surface area contributed by atoms with Gasteiger partial charge in [-0.3, -0.25) is 0 Å². The summed E-state index contributed by atoms with van der Waals surface area (Å²) in [5, 5.41) is 0. The topological polar surface area (TPSA) is 35.2 Å². The predicted octanol–water partition coefficient (Wildman–Crippen LogP) is 3.05. The predicted molar refractivity (Wildman–Crippen MR) is 64.0 cm³/mol. The summed E-state index contributed by atoms with van der Waals surface area (Å²) in [5.41, 5.74) is 6.24. The van der Waals surface area contributed by atoms with Crippen molar-refractivity contribution >= 4 is 28.3 Å². The lowest BCUT2D eigenvalue weighted by atomic mass is 10.2. The molecular weight excluding hydrogens is 277 g/mol. The Hall–Kier alpha value is -0.450. The first-order valence-electron chi connectivity index (χ1n) is 4.12. The number of hydrogen-bond donors (Lipinski definition) is 1. The second-order valence-electron chi connectivity index (χ2n) is 3.90. The van der Waals surface area contributed by atoms with E-state index in [1.807, 2.05) is 39.0 Å². The first-order valence-corrected chi connectivity index (χ1v) is 5.20. The zero-order valence-corrected chi connectivity index (χ0v) is 10.3. The summed E-state index contributed by atoms with van der Waals surface area (Å²) in [7, 11) is 0. The van der Waals surface area contributed by atoms with Crippen LogP contribution in [0.3, 0.4) is 0 Å². The zero-order valence-electron chi connectivity index (χ0n) is 8.10. The highest BCUT2D eigenvalue weighted by molar-refractivity contribution is 14.1. The molecule has 0 saturated carbocycles. The van der Waals surface area contributed by atoms with Crippen molar-refractivity contribution in [3.05, 3.63) is 21.8 Å². The van der Waals surface area contributed by atoms with Crippen molar-refractivity contribution in [2.75, 3.05) is 5.73 Å². The summed E-state index contributed by atoms with van der Waals surface area (Å²) < 4.78 is 6.77. The fourth-order valence-corrected chi connectivity index (χ4v) is 1.58. The van der Waals surface area contributed by atoms with Gasteiger partial charge in [-0.25, -0.2) is 0 Å². The molecule has 0 radical (unpaired) electrons. The van der Waals surface area contributed by atoms with E-state index in [1.54, 1.807) is 0 Å². The maximum Gasteiger partial charge on any atom is 0.133 e. The van der Waals surface area contributed by atoms with Crippen LogP contribution in [0.2, 0.25) is 0 Å². The Balaban J connectivity index is 2.90. The van der Waals surface area contributed by atoms with Gasteiger partial charge in [-0.2, -0.15) is 0 Å². The summed E-state index contributed by atoms with van der Waals surface area (Å²) in [4.78, 5) is 0. The molecule has 0 bridgehead atoms. The van der Waals surface area contributed by atoms with Gasteiger partial charge in [0.15, 0.2) is 0 Å². The van der Waals surface area contributed by atoms with Gasteiger partial charge < -0.3 is 10.5 Å². The average molecular weight is 291 g/mol. The number of benzene rings is 1. The van der Waals surface area contributed by atoms with Gasteiger partial charge in [0.05, 0.1) is 3.57 Å². The van der Waals surface area contributed by atoms with Crippen molar-refractivity contribution in [3.63, 3.8) is 0 Å². The molecule has 0 aromatic heterocycles. The van der Waals surface area contributed by atoms with Gasteiger partial charge in [-0.05, 0) is 61.6 Å². The molecule has 72 valence electrons. The molecular formula is C10H14INO. The summed E-state index contributed by atoms with van der Waals surface area (Å²) in [6, 6.07) is 5.66. The summed E-state index contributed by atoms with van der Waals surface area (Å²) in [5.74, 6) is 0.891. The third-order valence-electron chi connectivity index (χ3n) is 1.37. The first kappa shape index (κ1) is 10.6. The van der Waals surface area contributed by atoms with Crippen LogP contribution in [0.25, 0.3) is 0 Å². The highest BCUT2D eigenvalue weighted by Crippen LogP contribution is 2.26. The number of nitrogen functional groups attached to an aromatic ring is 1. The van der Waals surface area contributed by atoms with Crippen LogP contribution in [-0.4, -0.2) is 5.60 Å². The van der Waals surface area contributed by atoms with Gasteiger partial charge in [0, 0.05) is 5.69 Å². The summed E-state index contributed by atoms with van der Waals surface area (Å²) >= 11 is 2.22. The van der Waals surface area contributed by atoms with E-state index < -0.39 is 0 Å². The van der Waals surface area contributed by atoms with E-state index in [0.717, 1.165) is 15.0 Å². The molecule has 0 aliphatic carbocycles. The molecule has 0 aliphatic rings. The normalized spacial score (nSPS) is 11.4. The lowest BCUT2D eigenvalue weighted by molar-refractivity contribution is 0.129. The molecule has 3 heteroatoms. The number of ether oxygens (including phenoxy) is 1. The van der Waals surface area contributed by atoms with Crippen LogP contribution in [0.1, 0.15) is 20.8 Å². The summed E-state index contributed by atoms with van der Waals surface area (Å²) in [6.45, 7) is 6.08. The molecule has 1 rings (SSSR count). The number of nitrogens with two attached hydrogens (primary N) is 1. The lowest BCUT2D eigenvalue weighted by Gasteiger charge is -2.22. The lowest BCUT2D eigenvalue weighted by Crippen LogP contribution is -2.23. The maximum atomic E-state index is 5.72. The van der Waals surface area contributed by atoms with Crippen molar-refractivity contribution < 1.29 is 4.74 Å². The van der Waals surface area contributed by atoms with Gasteiger partial charge in [0.25, 0.3) is 0 Å². The molecule has 2 nitrogen and oxygen atoms in total. The molecule has 1 aromatic rings. The average Bonchev–Trinajstić information content (AvgIpc) is 1.93. The van der Waals surface area contributed by atoms with Gasteiger partial charge >= 0.3 is 0 Å². The van der Waals surface area contributed by atoms with Crippen LogP contribution in [0.15, 0.2) is 18.2 Å². The maximum absolute atomic E-state index is 5.72. The molecule has 0 fully saturated rings. The Morgan fingerprint density at radius 2 is 1.92 bits per heavy atom. The van der Waals surface area contributed by atoms with Crippen molar-refractivity contribution in [2.45, 2.75) is 26.4 Å². The van der Waals surface area contributed by atoms with Gasteiger partial charge in [-0.1, -0.05) is 0 Å². The smallest absolute Gasteiger partial charge is 0.133 e. The largest absolute Gasteiger partial charge is 0.487 e. The number of anilines is 1. The first-order chi connectivity index (χ1) is 5.88. The van der Waals surface area contributed by atoms with Crippen LogP contribution in [0.5, 0.6) is 5.75 Å². The Morgan fingerprint density at radius 3 is 2.38 bits per heavy atom. The van der Waals surface area contributed by atoms with Crippen LogP contribution < -0.4 is 10.5 Å². The van der Waals surface area contributed by atoms with Crippen molar-refractivity contribution in [1.82, 2.24) is 0 Å². The van der Waals surface area contributed by atoms with Gasteiger partial charge in [0.1, 0.15) is 11.4 Å². The van der Waals surface area contributed by atoms with Crippen LogP contribution in [0.4, 0.5) is 5.69 Å². The second kappa shape index (κ2) is 3.74. The Bertz CT molecular complexity index is 304.